The zero-order valence-corrected chi connectivity index (χ0v) is 19.3. The molecule has 0 atom stereocenters. The Balaban J connectivity index is 1.71. The van der Waals surface area contributed by atoms with E-state index < -0.39 is 17.6 Å². The highest BCUT2D eigenvalue weighted by atomic mass is 19.1. The lowest BCUT2D eigenvalue weighted by molar-refractivity contribution is 0.101. The average molecular weight is 461 g/mol. The summed E-state index contributed by atoms with van der Waals surface area (Å²) in [5.74, 6) is -1.42. The van der Waals surface area contributed by atoms with Gasteiger partial charge in [0.2, 0.25) is 0 Å². The van der Waals surface area contributed by atoms with Gasteiger partial charge in [-0.25, -0.2) is 14.1 Å². The van der Waals surface area contributed by atoms with Crippen molar-refractivity contribution in [3.05, 3.63) is 77.6 Å². The summed E-state index contributed by atoms with van der Waals surface area (Å²) in [6.07, 6.45) is 3.11. The topological polar surface area (TPSA) is 102 Å². The second kappa shape index (κ2) is 9.38. The first kappa shape index (κ1) is 23.0. The lowest BCUT2D eigenvalue weighted by atomic mass is 10.0. The third kappa shape index (κ3) is 4.63. The van der Waals surface area contributed by atoms with Crippen LogP contribution >= 0.6 is 0 Å². The minimum atomic E-state index is -0.554. The van der Waals surface area contributed by atoms with E-state index in [-0.39, 0.29) is 29.0 Å². The number of hydrogen-bond acceptors (Lipinski definition) is 5. The fourth-order valence-electron chi connectivity index (χ4n) is 3.50. The number of aromatic nitrogens is 4. The third-order valence-electron chi connectivity index (χ3n) is 5.29. The molecule has 0 radical (unpaired) electrons. The second-order valence-corrected chi connectivity index (χ2v) is 8.48. The van der Waals surface area contributed by atoms with E-state index in [4.69, 9.17) is 4.98 Å². The van der Waals surface area contributed by atoms with Crippen LogP contribution in [-0.4, -0.2) is 31.6 Å². The minimum absolute atomic E-state index is 0.0555. The van der Waals surface area contributed by atoms with E-state index >= 15 is 0 Å². The van der Waals surface area contributed by atoms with Crippen LogP contribution in [-0.2, 0) is 0 Å². The summed E-state index contributed by atoms with van der Waals surface area (Å²) >= 11 is 0. The second-order valence-electron chi connectivity index (χ2n) is 8.48. The molecule has 174 valence electrons. The standard InChI is InChI=1S/C25H25FN6O2/c1-14(2)21-12-17(18-13-28-32(15(3)4)23(18)29-21)24(33)31-22-11-16(26)8-9-19(22)30-25(34)20-7-5-6-10-27-20/h5-15H,1-4H3,(H,30,34)(H,31,33). The van der Waals surface area contributed by atoms with E-state index in [1.54, 1.807) is 35.1 Å². The minimum Gasteiger partial charge on any atom is -0.320 e. The van der Waals surface area contributed by atoms with E-state index in [1.165, 1.54) is 18.3 Å². The van der Waals surface area contributed by atoms with Gasteiger partial charge in [-0.3, -0.25) is 14.6 Å². The molecule has 2 amide bonds. The van der Waals surface area contributed by atoms with Crippen molar-refractivity contribution in [1.82, 2.24) is 19.7 Å². The molecule has 0 bridgehead atoms. The first-order chi connectivity index (χ1) is 16.2. The smallest absolute Gasteiger partial charge is 0.274 e. The molecular formula is C25H25FN6O2. The molecule has 0 unspecified atom stereocenters. The Kier molecular flexibility index (Phi) is 6.36. The molecule has 0 spiro atoms. The van der Waals surface area contributed by atoms with Gasteiger partial charge in [-0.05, 0) is 56.2 Å². The fourth-order valence-corrected chi connectivity index (χ4v) is 3.50. The van der Waals surface area contributed by atoms with Gasteiger partial charge in [0.05, 0.1) is 28.5 Å². The Labute approximate surface area is 196 Å². The molecule has 4 aromatic rings. The summed E-state index contributed by atoms with van der Waals surface area (Å²) in [5, 5.41) is 10.4. The van der Waals surface area contributed by atoms with E-state index in [1.807, 2.05) is 27.7 Å². The van der Waals surface area contributed by atoms with Gasteiger partial charge in [-0.1, -0.05) is 19.9 Å². The molecule has 0 aliphatic rings. The molecule has 0 aliphatic heterocycles. The first-order valence-corrected chi connectivity index (χ1v) is 11.0. The molecule has 9 heteroatoms. The van der Waals surface area contributed by atoms with E-state index in [9.17, 15) is 14.0 Å². The van der Waals surface area contributed by atoms with Gasteiger partial charge in [0, 0.05) is 17.9 Å². The van der Waals surface area contributed by atoms with Gasteiger partial charge in [0.15, 0.2) is 5.65 Å². The molecule has 3 aromatic heterocycles. The number of benzene rings is 1. The quantitative estimate of drug-likeness (QED) is 0.413. The van der Waals surface area contributed by atoms with Crippen LogP contribution in [0.5, 0.6) is 0 Å². The number of halogens is 1. The van der Waals surface area contributed by atoms with Gasteiger partial charge >= 0.3 is 0 Å². The maximum Gasteiger partial charge on any atom is 0.274 e. The number of carbonyl (C=O) groups is 2. The van der Waals surface area contributed by atoms with Gasteiger partial charge in [0.1, 0.15) is 11.5 Å². The molecule has 4 rings (SSSR count). The van der Waals surface area contributed by atoms with Gasteiger partial charge in [0.25, 0.3) is 11.8 Å². The lowest BCUT2D eigenvalue weighted by Crippen LogP contribution is -2.18. The Hall–Kier alpha value is -4.14. The van der Waals surface area contributed by atoms with Crippen LogP contribution in [0.4, 0.5) is 15.8 Å². The highest BCUT2D eigenvalue weighted by molar-refractivity contribution is 6.14. The SMILES string of the molecule is CC(C)c1cc(C(=O)Nc2cc(F)ccc2NC(=O)c2ccccn2)c2cnn(C(C)C)c2n1. The van der Waals surface area contributed by atoms with E-state index in [2.05, 4.69) is 20.7 Å². The lowest BCUT2D eigenvalue weighted by Gasteiger charge is -2.14. The molecule has 0 fully saturated rings. The monoisotopic (exact) mass is 460 g/mol. The normalized spacial score (nSPS) is 11.3. The van der Waals surface area contributed by atoms with Gasteiger partial charge < -0.3 is 10.6 Å². The van der Waals surface area contributed by atoms with Crippen LogP contribution in [0.2, 0.25) is 0 Å². The van der Waals surface area contributed by atoms with Crippen molar-refractivity contribution in [2.75, 3.05) is 10.6 Å². The van der Waals surface area contributed by atoms with Crippen molar-refractivity contribution in [1.29, 1.82) is 0 Å². The number of rotatable bonds is 6. The predicted octanol–water partition coefficient (Wildman–Crippen LogP) is 5.17. The Morgan fingerprint density at radius 2 is 1.74 bits per heavy atom. The molecule has 34 heavy (non-hydrogen) atoms. The number of nitrogens with zero attached hydrogens (tertiary/aromatic N) is 4. The summed E-state index contributed by atoms with van der Waals surface area (Å²) in [5.41, 5.74) is 2.28. The summed E-state index contributed by atoms with van der Waals surface area (Å²) in [6, 6.07) is 10.5. The summed E-state index contributed by atoms with van der Waals surface area (Å²) < 4.78 is 15.8. The van der Waals surface area contributed by atoms with Crippen molar-refractivity contribution >= 4 is 34.2 Å². The fraction of sp³-hybridized carbons (Fsp3) is 0.240. The summed E-state index contributed by atoms with van der Waals surface area (Å²) in [6.45, 7) is 7.95. The number of amides is 2. The highest BCUT2D eigenvalue weighted by Gasteiger charge is 2.20. The number of hydrogen-bond donors (Lipinski definition) is 2. The predicted molar refractivity (Wildman–Crippen MR) is 129 cm³/mol. The number of anilines is 2. The van der Waals surface area contributed by atoms with Crippen LogP contribution in [0, 0.1) is 5.82 Å². The number of carbonyl (C=O) groups excluding carboxylic acids is 2. The van der Waals surface area contributed by atoms with Crippen LogP contribution in [0.3, 0.4) is 0 Å². The van der Waals surface area contributed by atoms with Crippen molar-refractivity contribution in [3.63, 3.8) is 0 Å². The summed E-state index contributed by atoms with van der Waals surface area (Å²) in [7, 11) is 0. The first-order valence-electron chi connectivity index (χ1n) is 11.0. The number of pyridine rings is 2. The van der Waals surface area contributed by atoms with Crippen molar-refractivity contribution in [2.24, 2.45) is 0 Å². The molecule has 0 saturated carbocycles. The Bertz CT molecular complexity index is 1360. The molecule has 0 saturated heterocycles. The molecule has 0 aliphatic carbocycles. The molecule has 2 N–H and O–H groups in total. The summed E-state index contributed by atoms with van der Waals surface area (Å²) in [4.78, 5) is 34.7. The third-order valence-corrected chi connectivity index (χ3v) is 5.29. The largest absolute Gasteiger partial charge is 0.320 e. The molecule has 8 nitrogen and oxygen atoms in total. The van der Waals surface area contributed by atoms with Crippen LogP contribution < -0.4 is 10.6 Å². The van der Waals surface area contributed by atoms with Crippen LogP contribution in [0.1, 0.15) is 66.2 Å². The highest BCUT2D eigenvalue weighted by Crippen LogP contribution is 2.28. The number of fused-ring (bicyclic) bond motifs is 1. The molecular weight excluding hydrogens is 435 g/mol. The van der Waals surface area contributed by atoms with Gasteiger partial charge in [-0.2, -0.15) is 5.10 Å². The maximum absolute atomic E-state index is 14.1. The van der Waals surface area contributed by atoms with E-state index in [0.29, 0.717) is 16.6 Å². The van der Waals surface area contributed by atoms with Crippen molar-refractivity contribution < 1.29 is 14.0 Å². The maximum atomic E-state index is 14.1. The van der Waals surface area contributed by atoms with Crippen LogP contribution in [0.15, 0.2) is 54.9 Å². The zero-order chi connectivity index (χ0) is 24.4. The molecule has 1 aromatic carbocycles. The van der Waals surface area contributed by atoms with Crippen molar-refractivity contribution in [3.8, 4) is 0 Å². The average Bonchev–Trinajstić information content (AvgIpc) is 3.25. The number of nitrogens with one attached hydrogen (secondary N) is 2. The van der Waals surface area contributed by atoms with Gasteiger partial charge in [-0.15, -0.1) is 0 Å². The Morgan fingerprint density at radius 3 is 2.41 bits per heavy atom. The van der Waals surface area contributed by atoms with Crippen LogP contribution in [0.25, 0.3) is 11.0 Å². The molecule has 3 heterocycles. The Morgan fingerprint density at radius 1 is 0.971 bits per heavy atom. The zero-order valence-electron chi connectivity index (χ0n) is 19.3. The van der Waals surface area contributed by atoms with E-state index in [0.717, 1.165) is 11.8 Å². The van der Waals surface area contributed by atoms with Crippen molar-refractivity contribution in [2.45, 2.75) is 39.7 Å².